The zero-order valence-corrected chi connectivity index (χ0v) is 13.5. The fourth-order valence-corrected chi connectivity index (χ4v) is 3.74. The monoisotopic (exact) mass is 361 g/mol. The van der Waals surface area contributed by atoms with Gasteiger partial charge in [-0.25, -0.2) is 8.42 Å². The Morgan fingerprint density at radius 2 is 1.95 bits per heavy atom. The lowest BCUT2D eigenvalue weighted by atomic mass is 10.4. The number of nitrogens with zero attached hydrogens (tertiary/aromatic N) is 1. The standard InChI is InChI=1S/C13H16BrNO4S/c1-2-19-13(16)9-15(11-5-6-11)20(17,18)12-7-3-10(14)4-8-12/h3-4,7-8,11H,2,5-6,9H2,1H3. The Labute approximate surface area is 127 Å². The molecule has 1 aromatic rings. The summed E-state index contributed by atoms with van der Waals surface area (Å²) in [5, 5.41) is 0. The maximum absolute atomic E-state index is 12.6. The minimum atomic E-state index is -3.66. The highest BCUT2D eigenvalue weighted by Gasteiger charge is 2.39. The van der Waals surface area contributed by atoms with Crippen molar-refractivity contribution in [3.63, 3.8) is 0 Å². The summed E-state index contributed by atoms with van der Waals surface area (Å²) in [6.07, 6.45) is 1.57. The van der Waals surface area contributed by atoms with E-state index in [1.54, 1.807) is 19.1 Å². The minimum absolute atomic E-state index is 0.0898. The summed E-state index contributed by atoms with van der Waals surface area (Å²) in [5.41, 5.74) is 0. The summed E-state index contributed by atoms with van der Waals surface area (Å²) < 4.78 is 32.0. The summed E-state index contributed by atoms with van der Waals surface area (Å²) in [6.45, 7) is 1.72. The molecule has 1 saturated carbocycles. The number of carbonyl (C=O) groups excluding carboxylic acids is 1. The van der Waals surface area contributed by atoms with E-state index in [0.29, 0.717) is 0 Å². The van der Waals surface area contributed by atoms with Gasteiger partial charge < -0.3 is 4.74 Å². The molecule has 1 aliphatic carbocycles. The van der Waals surface area contributed by atoms with Crippen molar-refractivity contribution in [3.8, 4) is 0 Å². The molecule has 0 radical (unpaired) electrons. The minimum Gasteiger partial charge on any atom is -0.465 e. The van der Waals surface area contributed by atoms with E-state index in [9.17, 15) is 13.2 Å². The van der Waals surface area contributed by atoms with Gasteiger partial charge >= 0.3 is 5.97 Å². The molecule has 0 heterocycles. The van der Waals surface area contributed by atoms with Gasteiger partial charge in [0, 0.05) is 10.5 Å². The number of hydrogen-bond acceptors (Lipinski definition) is 4. The summed E-state index contributed by atoms with van der Waals surface area (Å²) in [4.78, 5) is 11.8. The highest BCUT2D eigenvalue weighted by molar-refractivity contribution is 9.10. The Morgan fingerprint density at radius 1 is 1.35 bits per heavy atom. The Morgan fingerprint density at radius 3 is 2.45 bits per heavy atom. The zero-order valence-electron chi connectivity index (χ0n) is 11.1. The van der Waals surface area contributed by atoms with E-state index in [-0.39, 0.29) is 24.1 Å². The van der Waals surface area contributed by atoms with Gasteiger partial charge in [-0.3, -0.25) is 4.79 Å². The molecule has 0 bridgehead atoms. The van der Waals surface area contributed by atoms with Gasteiger partial charge in [0.05, 0.1) is 11.5 Å². The number of carbonyl (C=O) groups is 1. The molecule has 0 atom stereocenters. The van der Waals surface area contributed by atoms with E-state index in [2.05, 4.69) is 15.9 Å². The first kappa shape index (κ1) is 15.5. The predicted molar refractivity (Wildman–Crippen MR) is 77.7 cm³/mol. The summed E-state index contributed by atoms with van der Waals surface area (Å²) in [6, 6.07) is 6.30. The van der Waals surface area contributed by atoms with Crippen molar-refractivity contribution in [1.82, 2.24) is 4.31 Å². The average molecular weight is 362 g/mol. The lowest BCUT2D eigenvalue weighted by Gasteiger charge is -2.20. The molecule has 2 rings (SSSR count). The summed E-state index contributed by atoms with van der Waals surface area (Å²) in [7, 11) is -3.66. The first-order valence-corrected chi connectivity index (χ1v) is 8.61. The van der Waals surface area contributed by atoms with E-state index in [1.165, 1.54) is 16.4 Å². The van der Waals surface area contributed by atoms with Crippen LogP contribution >= 0.6 is 15.9 Å². The average Bonchev–Trinajstić information content (AvgIpc) is 3.21. The van der Waals surface area contributed by atoms with Crippen molar-refractivity contribution in [2.24, 2.45) is 0 Å². The molecule has 0 saturated heterocycles. The Balaban J connectivity index is 2.23. The molecule has 0 aromatic heterocycles. The van der Waals surface area contributed by atoms with Crippen molar-refractivity contribution < 1.29 is 17.9 Å². The van der Waals surface area contributed by atoms with Crippen molar-refractivity contribution in [2.45, 2.75) is 30.7 Å². The molecule has 0 N–H and O–H groups in total. The molecule has 110 valence electrons. The third-order valence-corrected chi connectivity index (χ3v) is 5.41. The second-order valence-corrected chi connectivity index (χ2v) is 7.35. The van der Waals surface area contributed by atoms with Crippen molar-refractivity contribution in [1.29, 1.82) is 0 Å². The smallest absolute Gasteiger partial charge is 0.321 e. The molecular weight excluding hydrogens is 346 g/mol. The van der Waals surface area contributed by atoms with E-state index in [1.807, 2.05) is 0 Å². The second-order valence-electron chi connectivity index (χ2n) is 4.54. The number of halogens is 1. The van der Waals surface area contributed by atoms with E-state index in [4.69, 9.17) is 4.74 Å². The van der Waals surface area contributed by atoms with Crippen LogP contribution in [0, 0.1) is 0 Å². The van der Waals surface area contributed by atoms with Crippen molar-refractivity contribution in [2.75, 3.05) is 13.2 Å². The Bertz CT molecular complexity index is 581. The molecular formula is C13H16BrNO4S. The van der Waals surface area contributed by atoms with E-state index >= 15 is 0 Å². The third-order valence-electron chi connectivity index (χ3n) is 2.96. The Kier molecular flexibility index (Phi) is 4.82. The first-order valence-electron chi connectivity index (χ1n) is 6.38. The van der Waals surface area contributed by atoms with Gasteiger partial charge in [-0.1, -0.05) is 15.9 Å². The molecule has 1 fully saturated rings. The summed E-state index contributed by atoms with van der Waals surface area (Å²) in [5.74, 6) is -0.514. The molecule has 1 aliphatic rings. The van der Waals surface area contributed by atoms with Gasteiger partial charge in [0.15, 0.2) is 0 Å². The van der Waals surface area contributed by atoms with Crippen LogP contribution in [0.5, 0.6) is 0 Å². The third kappa shape index (κ3) is 3.59. The molecule has 0 aliphatic heterocycles. The lowest BCUT2D eigenvalue weighted by molar-refractivity contribution is -0.143. The molecule has 20 heavy (non-hydrogen) atoms. The molecule has 0 unspecified atom stereocenters. The highest BCUT2D eigenvalue weighted by atomic mass is 79.9. The van der Waals surface area contributed by atoms with Crippen LogP contribution in [0.15, 0.2) is 33.6 Å². The van der Waals surface area contributed by atoms with Crippen LogP contribution in [0.25, 0.3) is 0 Å². The number of benzene rings is 1. The van der Waals surface area contributed by atoms with Crippen LogP contribution in [-0.4, -0.2) is 37.9 Å². The molecule has 7 heteroatoms. The lowest BCUT2D eigenvalue weighted by Crippen LogP contribution is -2.38. The van der Waals surface area contributed by atoms with Crippen LogP contribution in [0.3, 0.4) is 0 Å². The number of hydrogen-bond donors (Lipinski definition) is 0. The number of sulfonamides is 1. The van der Waals surface area contributed by atoms with Crippen LogP contribution in [0.4, 0.5) is 0 Å². The second kappa shape index (κ2) is 6.24. The van der Waals surface area contributed by atoms with E-state index < -0.39 is 16.0 Å². The predicted octanol–water partition coefficient (Wildman–Crippen LogP) is 2.17. The van der Waals surface area contributed by atoms with Gasteiger partial charge in [0.2, 0.25) is 10.0 Å². The van der Waals surface area contributed by atoms with E-state index in [0.717, 1.165) is 17.3 Å². The number of ether oxygens (including phenoxy) is 1. The number of rotatable bonds is 6. The maximum Gasteiger partial charge on any atom is 0.321 e. The SMILES string of the molecule is CCOC(=O)CN(C1CC1)S(=O)(=O)c1ccc(Br)cc1. The van der Waals surface area contributed by atoms with Crippen LogP contribution < -0.4 is 0 Å². The summed E-state index contributed by atoms with van der Waals surface area (Å²) >= 11 is 3.27. The van der Waals surface area contributed by atoms with Crippen LogP contribution in [0.2, 0.25) is 0 Å². The fraction of sp³-hybridized carbons (Fsp3) is 0.462. The largest absolute Gasteiger partial charge is 0.465 e. The fourth-order valence-electron chi connectivity index (χ4n) is 1.85. The van der Waals surface area contributed by atoms with Crippen LogP contribution in [0.1, 0.15) is 19.8 Å². The quantitative estimate of drug-likeness (QED) is 0.728. The maximum atomic E-state index is 12.6. The Hall–Kier alpha value is -0.920. The normalized spacial score (nSPS) is 15.3. The van der Waals surface area contributed by atoms with Gasteiger partial charge in [-0.05, 0) is 44.0 Å². The molecule has 1 aromatic carbocycles. The zero-order chi connectivity index (χ0) is 14.8. The first-order chi connectivity index (χ1) is 9.45. The van der Waals surface area contributed by atoms with Crippen molar-refractivity contribution >= 4 is 31.9 Å². The van der Waals surface area contributed by atoms with Gasteiger partial charge in [0.25, 0.3) is 0 Å². The van der Waals surface area contributed by atoms with Crippen LogP contribution in [-0.2, 0) is 19.6 Å². The molecule has 0 amide bonds. The highest BCUT2D eigenvalue weighted by Crippen LogP contribution is 2.32. The van der Waals surface area contributed by atoms with Gasteiger partial charge in [-0.15, -0.1) is 0 Å². The van der Waals surface area contributed by atoms with Gasteiger partial charge in [0.1, 0.15) is 6.54 Å². The molecule has 0 spiro atoms. The molecule has 5 nitrogen and oxygen atoms in total. The topological polar surface area (TPSA) is 63.7 Å². The van der Waals surface area contributed by atoms with Crippen molar-refractivity contribution in [3.05, 3.63) is 28.7 Å². The number of esters is 1. The van der Waals surface area contributed by atoms with Gasteiger partial charge in [-0.2, -0.15) is 4.31 Å².